The minimum atomic E-state index is 0.138. The maximum absolute atomic E-state index is 12.5. The highest BCUT2D eigenvalue weighted by atomic mass is 16.2. The first-order valence-electron chi connectivity index (χ1n) is 9.34. The van der Waals surface area contributed by atoms with Crippen LogP contribution in [0, 0.1) is 5.92 Å². The van der Waals surface area contributed by atoms with Gasteiger partial charge in [0, 0.05) is 57.1 Å². The fourth-order valence-corrected chi connectivity index (χ4v) is 4.31. The lowest BCUT2D eigenvalue weighted by Gasteiger charge is -2.49. The van der Waals surface area contributed by atoms with Gasteiger partial charge in [0.05, 0.1) is 6.54 Å². The Bertz CT molecular complexity index is 570. The third kappa shape index (κ3) is 3.35. The lowest BCUT2D eigenvalue weighted by molar-refractivity contribution is -0.131. The average Bonchev–Trinajstić information content (AvgIpc) is 3.28. The number of nitrogens with zero attached hydrogens (tertiary/aromatic N) is 4. The van der Waals surface area contributed by atoms with E-state index < -0.39 is 0 Å². The first-order chi connectivity index (χ1) is 11.6. The molecule has 1 aliphatic carbocycles. The molecule has 2 aliphatic heterocycles. The van der Waals surface area contributed by atoms with E-state index in [1.54, 1.807) is 0 Å². The van der Waals surface area contributed by atoms with Crippen LogP contribution in [-0.2, 0) is 11.3 Å². The summed E-state index contributed by atoms with van der Waals surface area (Å²) in [5, 5.41) is 0. The quantitative estimate of drug-likeness (QED) is 0.904. The van der Waals surface area contributed by atoms with E-state index in [0.717, 1.165) is 63.9 Å². The summed E-state index contributed by atoms with van der Waals surface area (Å²) in [4.78, 5) is 27.3. The van der Waals surface area contributed by atoms with Crippen LogP contribution in [0.3, 0.4) is 0 Å². The molecule has 4 rings (SSSR count). The van der Waals surface area contributed by atoms with E-state index in [0.29, 0.717) is 12.3 Å². The number of piperazine rings is 1. The van der Waals surface area contributed by atoms with E-state index in [1.165, 1.54) is 12.8 Å². The summed E-state index contributed by atoms with van der Waals surface area (Å²) in [5.74, 6) is 2.19. The molecule has 3 aliphatic rings. The van der Waals surface area contributed by atoms with Crippen molar-refractivity contribution in [3.05, 3.63) is 18.2 Å². The van der Waals surface area contributed by atoms with Crippen LogP contribution in [0.1, 0.15) is 37.9 Å². The van der Waals surface area contributed by atoms with Crippen molar-refractivity contribution < 1.29 is 4.79 Å². The van der Waals surface area contributed by atoms with E-state index in [1.807, 2.05) is 12.4 Å². The summed E-state index contributed by atoms with van der Waals surface area (Å²) in [5.41, 5.74) is 0.138. The molecule has 1 unspecified atom stereocenters. The predicted octanol–water partition coefficient (Wildman–Crippen LogP) is 1.32. The van der Waals surface area contributed by atoms with E-state index >= 15 is 0 Å². The van der Waals surface area contributed by atoms with Crippen LogP contribution < -0.4 is 0 Å². The van der Waals surface area contributed by atoms with Gasteiger partial charge in [0.25, 0.3) is 0 Å². The Kier molecular flexibility index (Phi) is 4.35. The number of likely N-dealkylation sites (N-methyl/N-ethyl adjacent to an activating group) is 1. The smallest absolute Gasteiger partial charge is 0.222 e. The maximum Gasteiger partial charge on any atom is 0.222 e. The molecule has 24 heavy (non-hydrogen) atoms. The third-order valence-corrected chi connectivity index (χ3v) is 6.19. The van der Waals surface area contributed by atoms with Gasteiger partial charge in [-0.2, -0.15) is 0 Å². The molecule has 132 valence electrons. The molecule has 0 radical (unpaired) electrons. The van der Waals surface area contributed by atoms with Crippen molar-refractivity contribution in [3.8, 4) is 0 Å². The van der Waals surface area contributed by atoms with Gasteiger partial charge in [0.2, 0.25) is 5.91 Å². The molecule has 6 nitrogen and oxygen atoms in total. The first kappa shape index (κ1) is 16.1. The number of nitrogens with one attached hydrogen (secondary N) is 1. The normalized spacial score (nSPS) is 30.0. The van der Waals surface area contributed by atoms with Crippen LogP contribution >= 0.6 is 0 Å². The average molecular weight is 331 g/mol. The molecule has 1 spiro atoms. The molecule has 6 heteroatoms. The molecule has 2 saturated heterocycles. The molecule has 3 heterocycles. The molecular weight excluding hydrogens is 302 g/mol. The molecule has 3 fully saturated rings. The maximum atomic E-state index is 12.5. The third-order valence-electron chi connectivity index (χ3n) is 6.19. The van der Waals surface area contributed by atoms with Gasteiger partial charge < -0.3 is 9.88 Å². The van der Waals surface area contributed by atoms with Crippen molar-refractivity contribution in [3.63, 3.8) is 0 Å². The minimum absolute atomic E-state index is 0.138. The van der Waals surface area contributed by atoms with Crippen LogP contribution in [0.2, 0.25) is 0 Å². The van der Waals surface area contributed by atoms with Gasteiger partial charge in [-0.3, -0.25) is 14.6 Å². The molecule has 1 aromatic rings. The summed E-state index contributed by atoms with van der Waals surface area (Å²) in [6.45, 7) is 5.97. The van der Waals surface area contributed by atoms with E-state index in [-0.39, 0.29) is 5.54 Å². The van der Waals surface area contributed by atoms with E-state index in [4.69, 9.17) is 0 Å². The Labute approximate surface area is 144 Å². The summed E-state index contributed by atoms with van der Waals surface area (Å²) in [6.07, 6.45) is 9.11. The Morgan fingerprint density at radius 3 is 2.92 bits per heavy atom. The monoisotopic (exact) mass is 331 g/mol. The Morgan fingerprint density at radius 1 is 1.29 bits per heavy atom. The Morgan fingerprint density at radius 2 is 2.17 bits per heavy atom. The number of aromatic amines is 1. The molecule has 1 N–H and O–H groups in total. The number of carbonyl (C=O) groups excluding carboxylic acids is 1. The van der Waals surface area contributed by atoms with Gasteiger partial charge in [0.15, 0.2) is 0 Å². The molecular formula is C18H29N5O. The molecule has 1 atom stereocenters. The molecule has 1 saturated carbocycles. The summed E-state index contributed by atoms with van der Waals surface area (Å²) >= 11 is 0. The number of hydrogen-bond acceptors (Lipinski definition) is 4. The van der Waals surface area contributed by atoms with E-state index in [2.05, 4.69) is 31.7 Å². The zero-order chi connectivity index (χ0) is 16.6. The van der Waals surface area contributed by atoms with Gasteiger partial charge in [-0.25, -0.2) is 4.98 Å². The molecule has 0 aromatic carbocycles. The number of hydrogen-bond donors (Lipinski definition) is 1. The topological polar surface area (TPSA) is 55.5 Å². The highest BCUT2D eigenvalue weighted by Gasteiger charge is 2.42. The van der Waals surface area contributed by atoms with Gasteiger partial charge in [-0.1, -0.05) is 0 Å². The van der Waals surface area contributed by atoms with Crippen molar-refractivity contribution in [2.45, 2.75) is 44.2 Å². The van der Waals surface area contributed by atoms with Crippen LogP contribution in [-0.4, -0.2) is 75.9 Å². The second-order valence-electron chi connectivity index (χ2n) is 7.93. The lowest BCUT2D eigenvalue weighted by atomic mass is 9.86. The number of likely N-dealkylation sites (tertiary alicyclic amines) is 1. The van der Waals surface area contributed by atoms with Crippen LogP contribution in [0.4, 0.5) is 0 Å². The number of carbonyl (C=O) groups is 1. The molecule has 1 aromatic heterocycles. The van der Waals surface area contributed by atoms with Crippen LogP contribution in [0.25, 0.3) is 0 Å². The zero-order valence-corrected chi connectivity index (χ0v) is 14.7. The van der Waals surface area contributed by atoms with Gasteiger partial charge >= 0.3 is 0 Å². The number of H-pyrrole nitrogens is 1. The molecule has 1 amide bonds. The van der Waals surface area contributed by atoms with Gasteiger partial charge in [-0.15, -0.1) is 0 Å². The number of rotatable bonds is 4. The van der Waals surface area contributed by atoms with Crippen LogP contribution in [0.15, 0.2) is 12.4 Å². The highest BCUT2D eigenvalue weighted by Crippen LogP contribution is 2.35. The summed E-state index contributed by atoms with van der Waals surface area (Å²) < 4.78 is 0. The second-order valence-corrected chi connectivity index (χ2v) is 7.93. The lowest BCUT2D eigenvalue weighted by Crippen LogP contribution is -2.60. The van der Waals surface area contributed by atoms with Gasteiger partial charge in [-0.05, 0) is 38.6 Å². The number of aromatic nitrogens is 2. The fraction of sp³-hybridized carbons (Fsp3) is 0.778. The first-order valence-corrected chi connectivity index (χ1v) is 9.34. The van der Waals surface area contributed by atoms with Crippen molar-refractivity contribution in [1.82, 2.24) is 24.7 Å². The Balaban J connectivity index is 1.44. The van der Waals surface area contributed by atoms with Crippen molar-refractivity contribution in [1.29, 1.82) is 0 Å². The Hall–Kier alpha value is -1.40. The second kappa shape index (κ2) is 6.48. The highest BCUT2D eigenvalue weighted by molar-refractivity contribution is 5.76. The number of imidazole rings is 1. The van der Waals surface area contributed by atoms with Crippen molar-refractivity contribution in [2.24, 2.45) is 5.92 Å². The van der Waals surface area contributed by atoms with Crippen LogP contribution in [0.5, 0.6) is 0 Å². The molecule has 0 bridgehead atoms. The standard InChI is InChI=1S/C18H29N5O/c1-21-10-11-22(13-16-19-7-8-20-16)14-18(21)5-4-17(24)23(9-6-18)12-15-2-3-15/h7-8,15H,2-6,9-14H2,1H3,(H,19,20). The summed E-state index contributed by atoms with van der Waals surface area (Å²) in [6, 6.07) is 0. The fourth-order valence-electron chi connectivity index (χ4n) is 4.31. The zero-order valence-electron chi connectivity index (χ0n) is 14.7. The van der Waals surface area contributed by atoms with Crippen molar-refractivity contribution >= 4 is 5.91 Å². The number of amides is 1. The predicted molar refractivity (Wildman–Crippen MR) is 92.4 cm³/mol. The summed E-state index contributed by atoms with van der Waals surface area (Å²) in [7, 11) is 2.24. The van der Waals surface area contributed by atoms with Crippen molar-refractivity contribution in [2.75, 3.05) is 39.8 Å². The minimum Gasteiger partial charge on any atom is -0.348 e. The largest absolute Gasteiger partial charge is 0.348 e. The van der Waals surface area contributed by atoms with Gasteiger partial charge in [0.1, 0.15) is 5.82 Å². The SMILES string of the molecule is CN1CCN(Cc2ncc[nH]2)CC12CCC(=O)N(CC1CC1)CC2. The van der Waals surface area contributed by atoms with E-state index in [9.17, 15) is 4.79 Å².